The van der Waals surface area contributed by atoms with E-state index < -0.39 is 10.0 Å². The Morgan fingerprint density at radius 3 is 2.53 bits per heavy atom. The summed E-state index contributed by atoms with van der Waals surface area (Å²) in [5.41, 5.74) is 3.49. The van der Waals surface area contributed by atoms with Crippen LogP contribution in [0.15, 0.2) is 60.0 Å². The molecular weight excluding hydrogens is 451 g/mol. The number of hydrogen-bond acceptors (Lipinski definition) is 5. The van der Waals surface area contributed by atoms with Crippen molar-refractivity contribution in [2.75, 3.05) is 31.1 Å². The fourth-order valence-electron chi connectivity index (χ4n) is 4.21. The van der Waals surface area contributed by atoms with E-state index in [2.05, 4.69) is 9.88 Å². The molecule has 3 aromatic rings. The summed E-state index contributed by atoms with van der Waals surface area (Å²) >= 11 is 0. The van der Waals surface area contributed by atoms with Crippen molar-refractivity contribution in [2.45, 2.75) is 26.7 Å². The maximum atomic E-state index is 13.8. The number of anilines is 1. The van der Waals surface area contributed by atoms with Gasteiger partial charge in [0.05, 0.1) is 0 Å². The van der Waals surface area contributed by atoms with Crippen LogP contribution in [0, 0.1) is 19.7 Å². The lowest BCUT2D eigenvalue weighted by atomic mass is 10.0. The Balaban J connectivity index is 1.54. The largest absolute Gasteiger partial charge is 0.355 e. The van der Waals surface area contributed by atoms with Crippen LogP contribution in [0.5, 0.6) is 0 Å². The van der Waals surface area contributed by atoms with Gasteiger partial charge in [0.25, 0.3) is 0 Å². The summed E-state index contributed by atoms with van der Waals surface area (Å²) in [5, 5.41) is 1.28. The molecule has 0 radical (unpaired) electrons. The van der Waals surface area contributed by atoms with Crippen LogP contribution in [0.3, 0.4) is 0 Å². The van der Waals surface area contributed by atoms with E-state index in [-0.39, 0.29) is 5.82 Å². The summed E-state index contributed by atoms with van der Waals surface area (Å²) in [6.07, 6.45) is 2.82. The lowest BCUT2D eigenvalue weighted by molar-refractivity contribution is 0.440. The minimum Gasteiger partial charge on any atom is -0.355 e. The van der Waals surface area contributed by atoms with E-state index >= 15 is 0 Å². The van der Waals surface area contributed by atoms with E-state index in [0.29, 0.717) is 44.8 Å². The second-order valence-electron chi connectivity index (χ2n) is 8.46. The molecule has 0 unspecified atom stereocenters. The van der Waals surface area contributed by atoms with Gasteiger partial charge in [0.2, 0.25) is 10.0 Å². The zero-order chi connectivity index (χ0) is 24.1. The van der Waals surface area contributed by atoms with Crippen molar-refractivity contribution < 1.29 is 12.8 Å². The number of halogens is 1. The van der Waals surface area contributed by atoms with Crippen molar-refractivity contribution in [1.29, 1.82) is 0 Å². The van der Waals surface area contributed by atoms with Crippen LogP contribution in [0.1, 0.15) is 34.6 Å². The quantitative estimate of drug-likeness (QED) is 0.525. The Kier molecular flexibility index (Phi) is 7.38. The Hall–Kier alpha value is -3.10. The minimum atomic E-state index is -3.54. The Labute approximate surface area is 200 Å². The first kappa shape index (κ1) is 24.0. The highest BCUT2D eigenvalue weighted by Gasteiger charge is 2.25. The third-order valence-electron chi connectivity index (χ3n) is 5.92. The molecule has 34 heavy (non-hydrogen) atoms. The smallest absolute Gasteiger partial charge is 0.236 e. The summed E-state index contributed by atoms with van der Waals surface area (Å²) in [6, 6.07) is 15.9. The maximum absolute atomic E-state index is 13.8. The van der Waals surface area contributed by atoms with Gasteiger partial charge in [0.15, 0.2) is 0 Å². The molecule has 1 saturated heterocycles. The molecule has 1 fully saturated rings. The Bertz CT molecular complexity index is 1280. The molecule has 4 rings (SSSR count). The molecule has 2 heterocycles. The molecule has 0 amide bonds. The van der Waals surface area contributed by atoms with Crippen LogP contribution in [0.4, 0.5) is 10.2 Å². The Morgan fingerprint density at radius 1 is 0.971 bits per heavy atom. The normalized spacial score (nSPS) is 15.6. The summed E-state index contributed by atoms with van der Waals surface area (Å²) in [7, 11) is -3.54. The van der Waals surface area contributed by atoms with E-state index in [9.17, 15) is 12.8 Å². The highest BCUT2D eigenvalue weighted by Crippen LogP contribution is 2.26. The number of nitrogens with zero attached hydrogens (tertiary/aromatic N) is 4. The molecule has 8 heteroatoms. The molecule has 6 nitrogen and oxygen atoms in total. The number of rotatable bonds is 6. The fraction of sp³-hybridized carbons (Fsp3) is 0.308. The zero-order valence-corrected chi connectivity index (χ0v) is 20.3. The fourth-order valence-corrected chi connectivity index (χ4v) is 5.43. The van der Waals surface area contributed by atoms with Crippen LogP contribution in [-0.2, 0) is 16.4 Å². The van der Waals surface area contributed by atoms with Gasteiger partial charge in [0, 0.05) is 49.3 Å². The van der Waals surface area contributed by atoms with Gasteiger partial charge in [-0.2, -0.15) is 4.31 Å². The topological polar surface area (TPSA) is 66.4 Å². The lowest BCUT2D eigenvalue weighted by Crippen LogP contribution is -2.34. The minimum absolute atomic E-state index is 0.274. The number of hydrogen-bond donors (Lipinski definition) is 0. The summed E-state index contributed by atoms with van der Waals surface area (Å²) < 4.78 is 41.2. The van der Waals surface area contributed by atoms with Gasteiger partial charge in [-0.05, 0) is 49.6 Å². The van der Waals surface area contributed by atoms with Gasteiger partial charge in [-0.15, -0.1) is 0 Å². The van der Waals surface area contributed by atoms with Crippen molar-refractivity contribution in [3.63, 3.8) is 0 Å². The second kappa shape index (κ2) is 10.4. The number of aryl methyl sites for hydroxylation is 2. The molecule has 2 aromatic carbocycles. The third-order valence-corrected chi connectivity index (χ3v) is 7.49. The highest BCUT2D eigenvalue weighted by atomic mass is 32.2. The Morgan fingerprint density at radius 2 is 1.76 bits per heavy atom. The first-order valence-electron chi connectivity index (χ1n) is 11.4. The van der Waals surface area contributed by atoms with Crippen LogP contribution < -0.4 is 4.90 Å². The molecule has 0 atom stereocenters. The third kappa shape index (κ3) is 5.87. The predicted molar refractivity (Wildman–Crippen MR) is 134 cm³/mol. The van der Waals surface area contributed by atoms with Crippen LogP contribution in [0.25, 0.3) is 6.08 Å². The summed E-state index contributed by atoms with van der Waals surface area (Å²) in [4.78, 5) is 11.4. The van der Waals surface area contributed by atoms with Crippen molar-refractivity contribution in [1.82, 2.24) is 14.3 Å². The molecule has 178 valence electrons. The second-order valence-corrected chi connectivity index (χ2v) is 10.3. The van der Waals surface area contributed by atoms with E-state index in [1.165, 1.54) is 21.8 Å². The number of sulfonamides is 1. The zero-order valence-electron chi connectivity index (χ0n) is 19.5. The van der Waals surface area contributed by atoms with Crippen molar-refractivity contribution >= 4 is 21.9 Å². The number of benzene rings is 2. The van der Waals surface area contributed by atoms with Gasteiger partial charge >= 0.3 is 0 Å². The molecule has 0 spiro atoms. The van der Waals surface area contributed by atoms with Gasteiger partial charge < -0.3 is 4.90 Å². The summed E-state index contributed by atoms with van der Waals surface area (Å²) in [5.74, 6) is 1.19. The van der Waals surface area contributed by atoms with Gasteiger partial charge in [-0.25, -0.2) is 22.8 Å². The van der Waals surface area contributed by atoms with Crippen molar-refractivity contribution in [3.05, 3.63) is 94.0 Å². The van der Waals surface area contributed by atoms with Crippen molar-refractivity contribution in [3.8, 4) is 0 Å². The molecule has 1 aliphatic heterocycles. The van der Waals surface area contributed by atoms with Crippen LogP contribution >= 0.6 is 0 Å². The standard InChI is InChI=1S/C26H29FN4O2S/c1-20-25(19-23-10-6-11-24(27)18-23)26(29-21(2)28-20)30-13-7-14-31(16-15-30)34(32,33)17-12-22-8-4-3-5-9-22/h3-6,8-12,17-18H,7,13-16,19H2,1-2H3/b17-12+. The average Bonchev–Trinajstić information content (AvgIpc) is 3.07. The molecule has 0 saturated carbocycles. The lowest BCUT2D eigenvalue weighted by Gasteiger charge is -2.25. The first-order chi connectivity index (χ1) is 16.3. The predicted octanol–water partition coefficient (Wildman–Crippen LogP) is 4.34. The van der Waals surface area contributed by atoms with Crippen LogP contribution in [0.2, 0.25) is 0 Å². The van der Waals surface area contributed by atoms with Gasteiger partial charge in [-0.3, -0.25) is 0 Å². The molecule has 1 aliphatic rings. The molecular formula is C26H29FN4O2S. The first-order valence-corrected chi connectivity index (χ1v) is 12.9. The van der Waals surface area contributed by atoms with E-state index in [0.717, 1.165) is 28.2 Å². The average molecular weight is 481 g/mol. The molecule has 0 bridgehead atoms. The highest BCUT2D eigenvalue weighted by molar-refractivity contribution is 7.92. The molecule has 0 N–H and O–H groups in total. The van der Waals surface area contributed by atoms with Crippen molar-refractivity contribution in [2.24, 2.45) is 0 Å². The van der Waals surface area contributed by atoms with Gasteiger partial charge in [-0.1, -0.05) is 42.5 Å². The SMILES string of the molecule is Cc1nc(C)c(Cc2cccc(F)c2)c(N2CCCN(S(=O)(=O)/C=C/c3ccccc3)CC2)n1. The number of aromatic nitrogens is 2. The van der Waals surface area contributed by atoms with Gasteiger partial charge in [0.1, 0.15) is 17.5 Å². The molecule has 0 aliphatic carbocycles. The van der Waals surface area contributed by atoms with E-state index in [1.54, 1.807) is 12.1 Å². The molecule has 1 aromatic heterocycles. The monoisotopic (exact) mass is 480 g/mol. The maximum Gasteiger partial charge on any atom is 0.236 e. The summed E-state index contributed by atoms with van der Waals surface area (Å²) in [6.45, 7) is 5.80. The van der Waals surface area contributed by atoms with E-state index in [4.69, 9.17) is 4.98 Å². The van der Waals surface area contributed by atoms with E-state index in [1.807, 2.05) is 50.2 Å². The van der Waals surface area contributed by atoms with Crippen LogP contribution in [-0.4, -0.2) is 48.9 Å².